The second-order valence-corrected chi connectivity index (χ2v) is 5.70. The van der Waals surface area contributed by atoms with E-state index in [2.05, 4.69) is 18.7 Å². The number of aryl methyl sites for hydroxylation is 1. The highest BCUT2D eigenvalue weighted by Crippen LogP contribution is 2.31. The van der Waals surface area contributed by atoms with E-state index in [1.54, 1.807) is 6.07 Å². The highest BCUT2D eigenvalue weighted by atomic mass is 16.4. The fraction of sp³-hybridized carbons (Fsp3) is 0.533. The first-order valence-electron chi connectivity index (χ1n) is 6.80. The molecule has 19 heavy (non-hydrogen) atoms. The summed E-state index contributed by atoms with van der Waals surface area (Å²) in [6, 6.07) is 4.14. The van der Waals surface area contributed by atoms with Crippen molar-refractivity contribution in [2.24, 2.45) is 5.92 Å². The molecule has 0 saturated carbocycles. The summed E-state index contributed by atoms with van der Waals surface area (Å²) < 4.78 is 0. The van der Waals surface area contributed by atoms with Crippen LogP contribution in [0.4, 0.5) is 11.4 Å². The third kappa shape index (κ3) is 2.67. The number of hydrogen-bond acceptors (Lipinski definition) is 3. The fourth-order valence-electron chi connectivity index (χ4n) is 2.91. The van der Waals surface area contributed by atoms with E-state index in [0.717, 1.165) is 36.6 Å². The molecule has 104 valence electrons. The van der Waals surface area contributed by atoms with Crippen molar-refractivity contribution in [3.8, 4) is 0 Å². The van der Waals surface area contributed by atoms with E-state index in [-0.39, 0.29) is 5.56 Å². The maximum atomic E-state index is 11.2. The molecule has 0 aromatic heterocycles. The Hall–Kier alpha value is -1.71. The largest absolute Gasteiger partial charge is 0.478 e. The Morgan fingerprint density at radius 2 is 2.11 bits per heavy atom. The van der Waals surface area contributed by atoms with Crippen LogP contribution in [0.1, 0.15) is 42.6 Å². The van der Waals surface area contributed by atoms with E-state index in [1.165, 1.54) is 0 Å². The zero-order chi connectivity index (χ0) is 14.2. The van der Waals surface area contributed by atoms with Gasteiger partial charge in [0.15, 0.2) is 0 Å². The van der Waals surface area contributed by atoms with Gasteiger partial charge < -0.3 is 15.7 Å². The van der Waals surface area contributed by atoms with Crippen LogP contribution in [-0.2, 0) is 0 Å². The lowest BCUT2D eigenvalue weighted by atomic mass is 9.92. The number of carboxylic acids is 1. The second kappa shape index (κ2) is 5.11. The molecule has 3 N–H and O–H groups in total. The lowest BCUT2D eigenvalue weighted by molar-refractivity contribution is 0.0698. The first-order chi connectivity index (χ1) is 8.90. The van der Waals surface area contributed by atoms with Crippen LogP contribution in [0.2, 0.25) is 0 Å². The standard InChI is InChI=1S/C15H22N2O2/c1-9-4-5-17(11(3)6-9)12-7-10(2)14(16)13(8-12)15(18)19/h7-9,11H,4-6,16H2,1-3H3,(H,18,19). The summed E-state index contributed by atoms with van der Waals surface area (Å²) in [5, 5.41) is 9.22. The summed E-state index contributed by atoms with van der Waals surface area (Å²) in [6.45, 7) is 7.31. The molecule has 1 aliphatic rings. The van der Waals surface area contributed by atoms with Gasteiger partial charge in [-0.05, 0) is 50.3 Å². The number of benzene rings is 1. The van der Waals surface area contributed by atoms with E-state index < -0.39 is 5.97 Å². The van der Waals surface area contributed by atoms with Crippen molar-refractivity contribution in [2.75, 3.05) is 17.2 Å². The Labute approximate surface area is 114 Å². The van der Waals surface area contributed by atoms with Crippen LogP contribution in [0, 0.1) is 12.8 Å². The average Bonchev–Trinajstić information content (AvgIpc) is 2.32. The molecule has 2 rings (SSSR count). The summed E-state index contributed by atoms with van der Waals surface area (Å²) in [5.41, 5.74) is 8.23. The van der Waals surface area contributed by atoms with Gasteiger partial charge in [0.05, 0.1) is 5.56 Å². The van der Waals surface area contributed by atoms with Crippen LogP contribution in [0.5, 0.6) is 0 Å². The number of aromatic carboxylic acids is 1. The predicted octanol–water partition coefficient (Wildman–Crippen LogP) is 2.90. The van der Waals surface area contributed by atoms with Crippen molar-refractivity contribution in [2.45, 2.75) is 39.7 Å². The summed E-state index contributed by atoms with van der Waals surface area (Å²) in [5.74, 6) is -0.222. The van der Waals surface area contributed by atoms with Crippen LogP contribution in [-0.4, -0.2) is 23.7 Å². The normalized spacial score (nSPS) is 23.4. The number of piperidine rings is 1. The van der Waals surface area contributed by atoms with Crippen LogP contribution in [0.25, 0.3) is 0 Å². The molecule has 4 nitrogen and oxygen atoms in total. The number of nitrogens with zero attached hydrogens (tertiary/aromatic N) is 1. The summed E-state index contributed by atoms with van der Waals surface area (Å²) >= 11 is 0. The van der Waals surface area contributed by atoms with E-state index in [0.29, 0.717) is 11.7 Å². The number of anilines is 2. The molecule has 2 atom stereocenters. The average molecular weight is 262 g/mol. The molecule has 0 spiro atoms. The lowest BCUT2D eigenvalue weighted by Gasteiger charge is -2.38. The van der Waals surface area contributed by atoms with Gasteiger partial charge in [-0.3, -0.25) is 0 Å². The highest BCUT2D eigenvalue weighted by molar-refractivity contribution is 5.95. The number of carboxylic acid groups (broad SMARTS) is 1. The SMILES string of the molecule is Cc1cc(N2CCC(C)CC2C)cc(C(=O)O)c1N. The number of nitrogens with two attached hydrogens (primary N) is 1. The highest BCUT2D eigenvalue weighted by Gasteiger charge is 2.24. The van der Waals surface area contributed by atoms with Crippen LogP contribution < -0.4 is 10.6 Å². The Bertz CT molecular complexity index is 499. The third-order valence-corrected chi connectivity index (χ3v) is 4.07. The van der Waals surface area contributed by atoms with Crippen LogP contribution in [0.3, 0.4) is 0 Å². The maximum absolute atomic E-state index is 11.2. The molecular formula is C15H22N2O2. The van der Waals surface area contributed by atoms with E-state index in [1.807, 2.05) is 13.0 Å². The smallest absolute Gasteiger partial charge is 0.337 e. The molecule has 2 unspecified atom stereocenters. The van der Waals surface area contributed by atoms with Crippen molar-refractivity contribution in [1.29, 1.82) is 0 Å². The Morgan fingerprint density at radius 3 is 2.68 bits per heavy atom. The van der Waals surface area contributed by atoms with Gasteiger partial charge in [-0.2, -0.15) is 0 Å². The Morgan fingerprint density at radius 1 is 1.42 bits per heavy atom. The van der Waals surface area contributed by atoms with Gasteiger partial charge >= 0.3 is 5.97 Å². The van der Waals surface area contributed by atoms with Gasteiger partial charge in [0.25, 0.3) is 0 Å². The second-order valence-electron chi connectivity index (χ2n) is 5.70. The van der Waals surface area contributed by atoms with Crippen LogP contribution in [0.15, 0.2) is 12.1 Å². The number of carbonyl (C=O) groups is 1. The van der Waals surface area contributed by atoms with Crippen molar-refractivity contribution in [3.05, 3.63) is 23.3 Å². The van der Waals surface area contributed by atoms with E-state index in [9.17, 15) is 9.90 Å². The molecule has 0 amide bonds. The molecule has 0 bridgehead atoms. The van der Waals surface area contributed by atoms with Gasteiger partial charge in [-0.15, -0.1) is 0 Å². The van der Waals surface area contributed by atoms with Gasteiger partial charge in [-0.25, -0.2) is 4.79 Å². The fourth-order valence-corrected chi connectivity index (χ4v) is 2.91. The number of hydrogen-bond donors (Lipinski definition) is 2. The molecule has 0 aliphatic carbocycles. The Balaban J connectivity index is 2.37. The van der Waals surface area contributed by atoms with Crippen molar-refractivity contribution in [3.63, 3.8) is 0 Å². The molecule has 1 aliphatic heterocycles. The van der Waals surface area contributed by atoms with E-state index >= 15 is 0 Å². The van der Waals surface area contributed by atoms with Gasteiger partial charge in [0.1, 0.15) is 0 Å². The molecule has 1 aromatic rings. The predicted molar refractivity (Wildman–Crippen MR) is 77.8 cm³/mol. The van der Waals surface area contributed by atoms with Gasteiger partial charge in [0, 0.05) is 24.0 Å². The minimum absolute atomic E-state index is 0.209. The number of rotatable bonds is 2. The monoisotopic (exact) mass is 262 g/mol. The minimum atomic E-state index is -0.958. The first kappa shape index (κ1) is 13.7. The van der Waals surface area contributed by atoms with Crippen molar-refractivity contribution < 1.29 is 9.90 Å². The number of nitrogen functional groups attached to an aromatic ring is 1. The first-order valence-corrected chi connectivity index (χ1v) is 6.80. The minimum Gasteiger partial charge on any atom is -0.478 e. The van der Waals surface area contributed by atoms with Crippen molar-refractivity contribution >= 4 is 17.3 Å². The summed E-state index contributed by atoms with van der Waals surface area (Å²) in [4.78, 5) is 13.5. The molecule has 4 heteroatoms. The summed E-state index contributed by atoms with van der Waals surface area (Å²) in [6.07, 6.45) is 2.29. The molecule has 0 radical (unpaired) electrons. The zero-order valence-electron chi connectivity index (χ0n) is 11.8. The zero-order valence-corrected chi connectivity index (χ0v) is 11.8. The molecule has 1 fully saturated rings. The van der Waals surface area contributed by atoms with Crippen LogP contribution >= 0.6 is 0 Å². The van der Waals surface area contributed by atoms with Crippen molar-refractivity contribution in [1.82, 2.24) is 0 Å². The van der Waals surface area contributed by atoms with Gasteiger partial charge in [-0.1, -0.05) is 6.92 Å². The molecule has 1 saturated heterocycles. The Kier molecular flexibility index (Phi) is 3.69. The lowest BCUT2D eigenvalue weighted by Crippen LogP contribution is -2.40. The third-order valence-electron chi connectivity index (χ3n) is 4.07. The maximum Gasteiger partial charge on any atom is 0.337 e. The molecule has 1 heterocycles. The van der Waals surface area contributed by atoms with E-state index in [4.69, 9.17) is 5.73 Å². The quantitative estimate of drug-likeness (QED) is 0.804. The summed E-state index contributed by atoms with van der Waals surface area (Å²) in [7, 11) is 0. The van der Waals surface area contributed by atoms with Gasteiger partial charge in [0.2, 0.25) is 0 Å². The topological polar surface area (TPSA) is 66.6 Å². The molecular weight excluding hydrogens is 240 g/mol. The molecule has 1 aromatic carbocycles.